The molecule has 0 radical (unpaired) electrons. The molecule has 1 aliphatic rings. The van der Waals surface area contributed by atoms with Crippen LogP contribution in [0.15, 0.2) is 0 Å². The van der Waals surface area contributed by atoms with E-state index in [2.05, 4.69) is 20.8 Å². The highest BCUT2D eigenvalue weighted by atomic mass is 14.7. The van der Waals surface area contributed by atoms with Gasteiger partial charge in [-0.3, -0.25) is 0 Å². The van der Waals surface area contributed by atoms with Gasteiger partial charge in [-0.05, 0) is 30.6 Å². The van der Waals surface area contributed by atoms with E-state index in [0.717, 1.165) is 5.92 Å². The Morgan fingerprint density at radius 2 is 1.80 bits per heavy atom. The normalized spacial score (nSPS) is 34.8. The quantitative estimate of drug-likeness (QED) is 0.549. The molecule has 1 aliphatic carbocycles. The fourth-order valence-corrected chi connectivity index (χ4v) is 1.80. The van der Waals surface area contributed by atoms with Gasteiger partial charge in [-0.1, -0.05) is 20.8 Å². The highest BCUT2D eigenvalue weighted by Crippen LogP contribution is 2.38. The summed E-state index contributed by atoms with van der Waals surface area (Å²) in [6, 6.07) is 0.490. The summed E-state index contributed by atoms with van der Waals surface area (Å²) in [6.07, 6.45) is 3.82. The number of hydrogen-bond donors (Lipinski definition) is 1. The van der Waals surface area contributed by atoms with Crippen LogP contribution in [0.4, 0.5) is 0 Å². The summed E-state index contributed by atoms with van der Waals surface area (Å²) < 4.78 is 0. The monoisotopic (exact) mass is 141 g/mol. The molecule has 0 amide bonds. The highest BCUT2D eigenvalue weighted by molar-refractivity contribution is 4.84. The van der Waals surface area contributed by atoms with E-state index in [-0.39, 0.29) is 0 Å². The second-order valence-corrected chi connectivity index (χ2v) is 4.64. The second kappa shape index (κ2) is 2.54. The maximum Gasteiger partial charge on any atom is 0.00417 e. The van der Waals surface area contributed by atoms with E-state index >= 15 is 0 Å². The summed E-state index contributed by atoms with van der Waals surface area (Å²) in [5.41, 5.74) is 6.30. The molecule has 0 unspecified atom stereocenters. The Bertz CT molecular complexity index is 112. The Balaban J connectivity index is 2.45. The molecule has 1 fully saturated rings. The van der Waals surface area contributed by atoms with Crippen LogP contribution < -0.4 is 5.73 Å². The number of nitrogens with two attached hydrogens (primary N) is 1. The van der Waals surface area contributed by atoms with Crippen molar-refractivity contribution in [3.8, 4) is 0 Å². The fourth-order valence-electron chi connectivity index (χ4n) is 1.80. The zero-order valence-electron chi connectivity index (χ0n) is 7.35. The lowest BCUT2D eigenvalue weighted by atomic mass is 9.80. The molecule has 1 nitrogen and oxygen atoms in total. The summed E-state index contributed by atoms with van der Waals surface area (Å²) >= 11 is 0. The molecule has 10 heavy (non-hydrogen) atoms. The smallest absolute Gasteiger partial charge is 0.00417 e. The summed E-state index contributed by atoms with van der Waals surface area (Å²) in [5, 5.41) is 0. The van der Waals surface area contributed by atoms with Crippen LogP contribution in [0.5, 0.6) is 0 Å². The average molecular weight is 141 g/mol. The minimum Gasteiger partial charge on any atom is -0.328 e. The van der Waals surface area contributed by atoms with Gasteiger partial charge in [0, 0.05) is 6.04 Å². The Labute approximate surface area is 64.0 Å². The van der Waals surface area contributed by atoms with Crippen molar-refractivity contribution >= 4 is 0 Å². The van der Waals surface area contributed by atoms with E-state index in [1.807, 2.05) is 0 Å². The molecule has 0 heterocycles. The van der Waals surface area contributed by atoms with Crippen molar-refractivity contribution in [1.82, 2.24) is 0 Å². The van der Waals surface area contributed by atoms with Crippen molar-refractivity contribution in [2.45, 2.75) is 46.1 Å². The predicted molar refractivity (Wildman–Crippen MR) is 44.8 cm³/mol. The van der Waals surface area contributed by atoms with Gasteiger partial charge in [0.05, 0.1) is 0 Å². The summed E-state index contributed by atoms with van der Waals surface area (Å²) in [7, 11) is 0. The summed E-state index contributed by atoms with van der Waals surface area (Å²) in [5.74, 6) is 0.863. The predicted octanol–water partition coefficient (Wildman–Crippen LogP) is 2.16. The third-order valence-corrected chi connectivity index (χ3v) is 2.70. The molecule has 0 spiro atoms. The van der Waals surface area contributed by atoms with Gasteiger partial charge in [-0.2, -0.15) is 0 Å². The van der Waals surface area contributed by atoms with E-state index in [9.17, 15) is 0 Å². The third kappa shape index (κ3) is 1.72. The number of rotatable bonds is 0. The van der Waals surface area contributed by atoms with Crippen molar-refractivity contribution in [2.75, 3.05) is 0 Å². The summed E-state index contributed by atoms with van der Waals surface area (Å²) in [4.78, 5) is 0. The van der Waals surface area contributed by atoms with Gasteiger partial charge >= 0.3 is 0 Å². The first-order valence-corrected chi connectivity index (χ1v) is 4.26. The first kappa shape index (κ1) is 8.06. The van der Waals surface area contributed by atoms with Crippen LogP contribution in [-0.4, -0.2) is 6.04 Å². The van der Waals surface area contributed by atoms with Gasteiger partial charge in [0.1, 0.15) is 0 Å². The molecule has 2 atom stereocenters. The first-order chi connectivity index (χ1) is 4.50. The standard InChI is InChI=1S/C9H19N/c1-9(2,3)7-4-5-8(10)6-7/h7-8H,4-6,10H2,1-3H3/t7-,8-/m1/s1. The van der Waals surface area contributed by atoms with E-state index in [0.29, 0.717) is 11.5 Å². The van der Waals surface area contributed by atoms with Crippen LogP contribution >= 0.6 is 0 Å². The molecule has 1 heteroatoms. The van der Waals surface area contributed by atoms with Gasteiger partial charge in [-0.15, -0.1) is 0 Å². The van der Waals surface area contributed by atoms with Crippen LogP contribution in [0, 0.1) is 11.3 Å². The van der Waals surface area contributed by atoms with Crippen LogP contribution in [0.1, 0.15) is 40.0 Å². The SMILES string of the molecule is CC(C)(C)[C@@H]1CC[C@@H](N)C1. The van der Waals surface area contributed by atoms with Crippen LogP contribution in [-0.2, 0) is 0 Å². The van der Waals surface area contributed by atoms with Gasteiger partial charge < -0.3 is 5.73 Å². The lowest BCUT2D eigenvalue weighted by Crippen LogP contribution is -2.21. The Morgan fingerprint density at radius 1 is 1.20 bits per heavy atom. The molecule has 0 saturated heterocycles. The molecule has 0 bridgehead atoms. The number of hydrogen-bond acceptors (Lipinski definition) is 1. The zero-order valence-corrected chi connectivity index (χ0v) is 7.35. The molecule has 0 aliphatic heterocycles. The Morgan fingerprint density at radius 3 is 2.00 bits per heavy atom. The average Bonchev–Trinajstić information content (AvgIpc) is 2.11. The van der Waals surface area contributed by atoms with Crippen LogP contribution in [0.2, 0.25) is 0 Å². The Hall–Kier alpha value is -0.0400. The third-order valence-electron chi connectivity index (χ3n) is 2.70. The largest absolute Gasteiger partial charge is 0.328 e. The molecular formula is C9H19N. The molecule has 0 aromatic rings. The van der Waals surface area contributed by atoms with E-state index in [4.69, 9.17) is 5.73 Å². The van der Waals surface area contributed by atoms with Gasteiger partial charge in [-0.25, -0.2) is 0 Å². The first-order valence-electron chi connectivity index (χ1n) is 4.26. The van der Waals surface area contributed by atoms with Crippen molar-refractivity contribution < 1.29 is 0 Å². The molecule has 2 N–H and O–H groups in total. The summed E-state index contributed by atoms with van der Waals surface area (Å²) in [6.45, 7) is 6.95. The molecule has 0 aromatic carbocycles. The molecule has 0 aromatic heterocycles. The molecule has 60 valence electrons. The Kier molecular flexibility index (Phi) is 2.04. The molecule has 1 saturated carbocycles. The molecule has 1 rings (SSSR count). The van der Waals surface area contributed by atoms with E-state index < -0.39 is 0 Å². The van der Waals surface area contributed by atoms with Gasteiger partial charge in [0.15, 0.2) is 0 Å². The minimum absolute atomic E-state index is 0.480. The van der Waals surface area contributed by atoms with Crippen molar-refractivity contribution in [2.24, 2.45) is 17.1 Å². The van der Waals surface area contributed by atoms with Crippen LogP contribution in [0.3, 0.4) is 0 Å². The lowest BCUT2D eigenvalue weighted by molar-refractivity contribution is 0.244. The topological polar surface area (TPSA) is 26.0 Å². The van der Waals surface area contributed by atoms with Crippen molar-refractivity contribution in [3.63, 3.8) is 0 Å². The van der Waals surface area contributed by atoms with E-state index in [1.54, 1.807) is 0 Å². The lowest BCUT2D eigenvalue weighted by Gasteiger charge is -2.26. The van der Waals surface area contributed by atoms with E-state index in [1.165, 1.54) is 19.3 Å². The van der Waals surface area contributed by atoms with Gasteiger partial charge in [0.2, 0.25) is 0 Å². The zero-order chi connectivity index (χ0) is 7.78. The van der Waals surface area contributed by atoms with Crippen molar-refractivity contribution in [1.29, 1.82) is 0 Å². The maximum atomic E-state index is 5.82. The second-order valence-electron chi connectivity index (χ2n) is 4.64. The molecular weight excluding hydrogens is 122 g/mol. The fraction of sp³-hybridized carbons (Fsp3) is 1.00. The van der Waals surface area contributed by atoms with Crippen LogP contribution in [0.25, 0.3) is 0 Å². The minimum atomic E-state index is 0.480. The highest BCUT2D eigenvalue weighted by Gasteiger charge is 2.30. The van der Waals surface area contributed by atoms with Crippen molar-refractivity contribution in [3.05, 3.63) is 0 Å². The maximum absolute atomic E-state index is 5.82. The van der Waals surface area contributed by atoms with Gasteiger partial charge in [0.25, 0.3) is 0 Å².